The second kappa shape index (κ2) is 8.85. The van der Waals surface area contributed by atoms with Crippen LogP contribution in [0.3, 0.4) is 0 Å². The first kappa shape index (κ1) is 20.4. The first-order chi connectivity index (χ1) is 14.6. The van der Waals surface area contributed by atoms with Crippen LogP contribution in [0.1, 0.15) is 18.9 Å². The third-order valence-corrected chi connectivity index (χ3v) is 6.09. The van der Waals surface area contributed by atoms with Gasteiger partial charge in [-0.05, 0) is 36.8 Å². The molecule has 0 unspecified atom stereocenters. The molecule has 0 aliphatic carbocycles. The fraction of sp³-hybridized carbons (Fsp3) is 0.174. The number of benzene rings is 2. The van der Waals surface area contributed by atoms with Crippen LogP contribution in [0.25, 0.3) is 23.0 Å². The van der Waals surface area contributed by atoms with Crippen LogP contribution in [0, 0.1) is 0 Å². The zero-order chi connectivity index (χ0) is 21.1. The largest absolute Gasteiger partial charge is 0.497 e. The quantitative estimate of drug-likeness (QED) is 0.395. The number of hydrogen-bond donors (Lipinski definition) is 0. The van der Waals surface area contributed by atoms with E-state index in [2.05, 4.69) is 0 Å². The summed E-state index contributed by atoms with van der Waals surface area (Å²) in [5.41, 5.74) is 3.49. The van der Waals surface area contributed by atoms with E-state index < -0.39 is 0 Å². The molecule has 1 aromatic heterocycles. The maximum atomic E-state index is 12.8. The monoisotopic (exact) mass is 435 g/mol. The zero-order valence-corrected chi connectivity index (χ0v) is 18.4. The number of rotatable bonds is 6. The highest BCUT2D eigenvalue weighted by molar-refractivity contribution is 8.26. The Morgan fingerprint density at radius 2 is 1.97 bits per heavy atom. The minimum Gasteiger partial charge on any atom is -0.497 e. The van der Waals surface area contributed by atoms with Gasteiger partial charge in [0.05, 0.1) is 17.7 Å². The van der Waals surface area contributed by atoms with Gasteiger partial charge in [0.1, 0.15) is 15.8 Å². The molecule has 3 aromatic rings. The fourth-order valence-electron chi connectivity index (χ4n) is 3.26. The lowest BCUT2D eigenvalue weighted by Crippen LogP contribution is -2.28. The summed E-state index contributed by atoms with van der Waals surface area (Å²) in [6.45, 7) is 2.67. The van der Waals surface area contributed by atoms with Crippen molar-refractivity contribution in [3.05, 3.63) is 71.3 Å². The summed E-state index contributed by atoms with van der Waals surface area (Å²) >= 11 is 6.75. The molecule has 7 heteroatoms. The number of carbonyl (C=O) groups excluding carboxylic acids is 1. The number of nitrogens with zero attached hydrogens (tertiary/aromatic N) is 3. The van der Waals surface area contributed by atoms with Crippen LogP contribution in [0.2, 0.25) is 0 Å². The van der Waals surface area contributed by atoms with Crippen LogP contribution in [-0.2, 0) is 4.79 Å². The number of carbonyl (C=O) groups is 1. The van der Waals surface area contributed by atoms with Gasteiger partial charge in [-0.25, -0.2) is 4.68 Å². The van der Waals surface area contributed by atoms with Crippen molar-refractivity contribution in [2.75, 3.05) is 13.7 Å². The Labute approximate surface area is 185 Å². The molecule has 0 atom stereocenters. The molecule has 0 bridgehead atoms. The first-order valence-electron chi connectivity index (χ1n) is 9.65. The van der Waals surface area contributed by atoms with Gasteiger partial charge < -0.3 is 4.74 Å². The molecule has 152 valence electrons. The topological polar surface area (TPSA) is 47.4 Å². The summed E-state index contributed by atoms with van der Waals surface area (Å²) in [5.74, 6) is 0.706. The van der Waals surface area contributed by atoms with Crippen LogP contribution >= 0.6 is 24.0 Å². The number of thiocarbonyl (C=S) groups is 1. The molecule has 1 aliphatic rings. The first-order valence-corrected chi connectivity index (χ1v) is 10.9. The molecule has 1 saturated heterocycles. The summed E-state index contributed by atoms with van der Waals surface area (Å²) in [7, 11) is 1.64. The van der Waals surface area contributed by atoms with E-state index in [1.807, 2.05) is 78.5 Å². The number of para-hydroxylation sites is 1. The SMILES string of the molecule is CCCN1C(=O)C(=Cc2cn(-c3ccccc3)nc2-c2cccc(OC)c2)SC1=S. The van der Waals surface area contributed by atoms with Crippen molar-refractivity contribution in [3.8, 4) is 22.7 Å². The second-order valence-corrected chi connectivity index (χ2v) is 8.45. The Kier molecular flexibility index (Phi) is 6.01. The van der Waals surface area contributed by atoms with Gasteiger partial charge in [0.25, 0.3) is 5.91 Å². The van der Waals surface area contributed by atoms with Crippen molar-refractivity contribution in [1.82, 2.24) is 14.7 Å². The van der Waals surface area contributed by atoms with E-state index >= 15 is 0 Å². The second-order valence-electron chi connectivity index (χ2n) is 6.78. The van der Waals surface area contributed by atoms with E-state index in [4.69, 9.17) is 22.1 Å². The van der Waals surface area contributed by atoms with Crippen molar-refractivity contribution >= 4 is 40.3 Å². The van der Waals surface area contributed by atoms with E-state index in [-0.39, 0.29) is 5.91 Å². The van der Waals surface area contributed by atoms with Crippen molar-refractivity contribution in [3.63, 3.8) is 0 Å². The minimum atomic E-state index is -0.0455. The highest BCUT2D eigenvalue weighted by Gasteiger charge is 2.31. The Balaban J connectivity index is 1.81. The van der Waals surface area contributed by atoms with E-state index in [1.54, 1.807) is 12.0 Å². The molecule has 5 nitrogen and oxygen atoms in total. The average molecular weight is 436 g/mol. The molecular weight excluding hydrogens is 414 g/mol. The number of aromatic nitrogens is 2. The van der Waals surface area contributed by atoms with Crippen molar-refractivity contribution in [2.45, 2.75) is 13.3 Å². The van der Waals surface area contributed by atoms with Gasteiger partial charge in [-0.15, -0.1) is 0 Å². The van der Waals surface area contributed by atoms with E-state index in [0.29, 0.717) is 15.8 Å². The number of ether oxygens (including phenoxy) is 1. The zero-order valence-electron chi connectivity index (χ0n) is 16.7. The highest BCUT2D eigenvalue weighted by atomic mass is 32.2. The number of methoxy groups -OCH3 is 1. The molecule has 4 rings (SSSR count). The number of thioether (sulfide) groups is 1. The molecule has 2 aromatic carbocycles. The van der Waals surface area contributed by atoms with Gasteiger partial charge in [0.2, 0.25) is 0 Å². The lowest BCUT2D eigenvalue weighted by molar-refractivity contribution is -0.122. The molecule has 1 amide bonds. The lowest BCUT2D eigenvalue weighted by Gasteiger charge is -2.11. The maximum absolute atomic E-state index is 12.8. The smallest absolute Gasteiger partial charge is 0.266 e. The summed E-state index contributed by atoms with van der Waals surface area (Å²) in [4.78, 5) is 15.1. The van der Waals surface area contributed by atoms with E-state index in [1.165, 1.54) is 11.8 Å². The molecule has 30 heavy (non-hydrogen) atoms. The van der Waals surface area contributed by atoms with Crippen molar-refractivity contribution < 1.29 is 9.53 Å². The van der Waals surface area contributed by atoms with Crippen molar-refractivity contribution in [1.29, 1.82) is 0 Å². The third kappa shape index (κ3) is 4.04. The van der Waals surface area contributed by atoms with Gasteiger partial charge in [0.15, 0.2) is 0 Å². The number of amides is 1. The van der Waals surface area contributed by atoms with Crippen LogP contribution in [0.15, 0.2) is 65.7 Å². The summed E-state index contributed by atoms with van der Waals surface area (Å²) < 4.78 is 7.81. The van der Waals surface area contributed by atoms with Gasteiger partial charge in [-0.2, -0.15) is 5.10 Å². The van der Waals surface area contributed by atoms with Crippen molar-refractivity contribution in [2.24, 2.45) is 0 Å². The molecule has 2 heterocycles. The van der Waals surface area contributed by atoms with E-state index in [0.717, 1.165) is 34.7 Å². The van der Waals surface area contributed by atoms with Gasteiger partial charge in [0, 0.05) is 23.9 Å². The lowest BCUT2D eigenvalue weighted by atomic mass is 10.1. The predicted octanol–water partition coefficient (Wildman–Crippen LogP) is 5.16. The molecule has 0 saturated carbocycles. The van der Waals surface area contributed by atoms with Crippen LogP contribution in [0.5, 0.6) is 5.75 Å². The molecular formula is C23H21N3O2S2. The maximum Gasteiger partial charge on any atom is 0.266 e. The summed E-state index contributed by atoms with van der Waals surface area (Å²) in [6, 6.07) is 17.6. The summed E-state index contributed by atoms with van der Waals surface area (Å²) in [6.07, 6.45) is 4.69. The Bertz CT molecular complexity index is 1120. The molecule has 1 aliphatic heterocycles. The fourth-order valence-corrected chi connectivity index (χ4v) is 4.56. The predicted molar refractivity (Wildman–Crippen MR) is 126 cm³/mol. The molecule has 0 N–H and O–H groups in total. The standard InChI is InChI=1S/C23H21N3O2S2/c1-3-12-25-22(27)20(30-23(25)29)14-17-15-26(18-9-5-4-6-10-18)24-21(17)16-8-7-11-19(13-16)28-2/h4-11,13-15H,3,12H2,1-2H3. The van der Waals surface area contributed by atoms with Gasteiger partial charge >= 0.3 is 0 Å². The van der Waals surface area contributed by atoms with Gasteiger partial charge in [-0.1, -0.05) is 61.2 Å². The van der Waals surface area contributed by atoms with Crippen LogP contribution < -0.4 is 4.74 Å². The minimum absolute atomic E-state index is 0.0455. The Morgan fingerprint density at radius 1 is 1.17 bits per heavy atom. The average Bonchev–Trinajstić information content (AvgIpc) is 3.31. The van der Waals surface area contributed by atoms with E-state index in [9.17, 15) is 4.79 Å². The Hall–Kier alpha value is -2.90. The van der Waals surface area contributed by atoms with Crippen LogP contribution in [-0.4, -0.2) is 38.6 Å². The molecule has 1 fully saturated rings. The summed E-state index contributed by atoms with van der Waals surface area (Å²) in [5, 5.41) is 4.82. The van der Waals surface area contributed by atoms with Crippen LogP contribution in [0.4, 0.5) is 0 Å². The Morgan fingerprint density at radius 3 is 2.70 bits per heavy atom. The molecule has 0 spiro atoms. The third-order valence-electron chi connectivity index (χ3n) is 4.71. The van der Waals surface area contributed by atoms with Gasteiger partial charge in [-0.3, -0.25) is 9.69 Å². The number of hydrogen-bond acceptors (Lipinski definition) is 5. The highest BCUT2D eigenvalue weighted by Crippen LogP contribution is 2.35. The molecule has 0 radical (unpaired) electrons. The normalized spacial score (nSPS) is 15.3.